The van der Waals surface area contributed by atoms with E-state index in [0.29, 0.717) is 19.6 Å². The molecule has 7 heteroatoms. The van der Waals surface area contributed by atoms with Gasteiger partial charge in [-0.3, -0.25) is 9.46 Å². The van der Waals surface area contributed by atoms with E-state index in [0.717, 1.165) is 43.0 Å². The molecule has 0 radical (unpaired) electrons. The van der Waals surface area contributed by atoms with Crippen LogP contribution in [0.3, 0.4) is 0 Å². The minimum absolute atomic E-state index is 0.255. The lowest BCUT2D eigenvalue weighted by Gasteiger charge is -2.37. The fourth-order valence-electron chi connectivity index (χ4n) is 3.51. The van der Waals surface area contributed by atoms with Crippen molar-refractivity contribution >= 4 is 7.60 Å². The van der Waals surface area contributed by atoms with E-state index in [1.54, 1.807) is 0 Å². The molecule has 2 aliphatic rings. The highest BCUT2D eigenvalue weighted by atomic mass is 31.2. The maximum atomic E-state index is 13.5. The molecular formula is C18H28NO5P. The SMILES string of the molecule is CCOP(=O)(OCC)C(Cc1ccc2c(c1)OCO2)N1CCCCC1. The molecule has 0 saturated carbocycles. The zero-order valence-corrected chi connectivity index (χ0v) is 16.0. The van der Waals surface area contributed by atoms with Crippen molar-refractivity contribution in [3.63, 3.8) is 0 Å². The largest absolute Gasteiger partial charge is 0.454 e. The van der Waals surface area contributed by atoms with Gasteiger partial charge in [0.15, 0.2) is 11.5 Å². The van der Waals surface area contributed by atoms with Crippen LogP contribution in [0.4, 0.5) is 0 Å². The third-order valence-corrected chi connectivity index (χ3v) is 7.13. The van der Waals surface area contributed by atoms with E-state index < -0.39 is 7.60 Å². The van der Waals surface area contributed by atoms with Crippen molar-refractivity contribution in [2.24, 2.45) is 0 Å². The Bertz CT molecular complexity index is 607. The Balaban J connectivity index is 1.85. The Kier molecular flexibility index (Phi) is 6.39. The van der Waals surface area contributed by atoms with E-state index in [2.05, 4.69) is 4.90 Å². The second kappa shape index (κ2) is 8.54. The fourth-order valence-corrected chi connectivity index (χ4v) is 5.71. The fraction of sp³-hybridized carbons (Fsp3) is 0.667. The molecule has 3 rings (SSSR count). The summed E-state index contributed by atoms with van der Waals surface area (Å²) in [5.74, 6) is 1.24. The van der Waals surface area contributed by atoms with E-state index in [-0.39, 0.29) is 12.6 Å². The molecule has 1 aromatic rings. The van der Waals surface area contributed by atoms with Gasteiger partial charge in [-0.1, -0.05) is 12.5 Å². The molecule has 0 spiro atoms. The maximum absolute atomic E-state index is 13.5. The van der Waals surface area contributed by atoms with Gasteiger partial charge < -0.3 is 18.5 Å². The average molecular weight is 369 g/mol. The van der Waals surface area contributed by atoms with Crippen molar-refractivity contribution in [1.82, 2.24) is 4.90 Å². The van der Waals surface area contributed by atoms with Crippen LogP contribution in [0.5, 0.6) is 11.5 Å². The van der Waals surface area contributed by atoms with Crippen LogP contribution in [-0.4, -0.2) is 43.8 Å². The number of fused-ring (bicyclic) bond motifs is 1. The van der Waals surface area contributed by atoms with Crippen LogP contribution in [-0.2, 0) is 20.0 Å². The summed E-state index contributed by atoms with van der Waals surface area (Å²) < 4.78 is 35.7. The molecule has 1 aromatic carbocycles. The number of piperidine rings is 1. The van der Waals surface area contributed by atoms with Gasteiger partial charge in [0.25, 0.3) is 0 Å². The average Bonchev–Trinajstić information content (AvgIpc) is 3.08. The summed E-state index contributed by atoms with van der Waals surface area (Å²) in [5, 5.41) is 0. The van der Waals surface area contributed by atoms with E-state index >= 15 is 0 Å². The highest BCUT2D eigenvalue weighted by Crippen LogP contribution is 2.55. The van der Waals surface area contributed by atoms with Gasteiger partial charge in [-0.15, -0.1) is 0 Å². The van der Waals surface area contributed by atoms with Crippen LogP contribution in [0.25, 0.3) is 0 Å². The number of hydrogen-bond donors (Lipinski definition) is 0. The van der Waals surface area contributed by atoms with Gasteiger partial charge in [-0.2, -0.15) is 0 Å². The first kappa shape index (κ1) is 18.7. The maximum Gasteiger partial charge on any atom is 0.347 e. The van der Waals surface area contributed by atoms with Crippen molar-refractivity contribution in [3.8, 4) is 11.5 Å². The van der Waals surface area contributed by atoms with Crippen molar-refractivity contribution < 1.29 is 23.1 Å². The number of ether oxygens (including phenoxy) is 2. The van der Waals surface area contributed by atoms with Crippen LogP contribution in [0.1, 0.15) is 38.7 Å². The molecule has 25 heavy (non-hydrogen) atoms. The first-order valence-corrected chi connectivity index (χ1v) is 10.8. The molecule has 1 atom stereocenters. The Morgan fingerprint density at radius 1 is 1.08 bits per heavy atom. The Morgan fingerprint density at radius 3 is 2.44 bits per heavy atom. The van der Waals surface area contributed by atoms with Gasteiger partial charge in [0.2, 0.25) is 6.79 Å². The summed E-state index contributed by atoms with van der Waals surface area (Å²) in [4.78, 5) is 2.28. The Morgan fingerprint density at radius 2 is 1.76 bits per heavy atom. The van der Waals surface area contributed by atoms with Crippen LogP contribution >= 0.6 is 7.60 Å². The van der Waals surface area contributed by atoms with E-state index in [4.69, 9.17) is 18.5 Å². The summed E-state index contributed by atoms with van der Waals surface area (Å²) in [6, 6.07) is 5.89. The van der Waals surface area contributed by atoms with Crippen molar-refractivity contribution in [1.29, 1.82) is 0 Å². The van der Waals surface area contributed by atoms with Gasteiger partial charge in [0.05, 0.1) is 13.2 Å². The smallest absolute Gasteiger partial charge is 0.347 e. The van der Waals surface area contributed by atoms with Crippen molar-refractivity contribution in [2.75, 3.05) is 33.1 Å². The summed E-state index contributed by atoms with van der Waals surface area (Å²) in [7, 11) is -3.23. The summed E-state index contributed by atoms with van der Waals surface area (Å²) >= 11 is 0. The lowest BCUT2D eigenvalue weighted by atomic mass is 10.1. The molecule has 2 aliphatic heterocycles. The second-order valence-corrected chi connectivity index (χ2v) is 8.54. The van der Waals surface area contributed by atoms with Crippen molar-refractivity contribution in [2.45, 2.75) is 45.3 Å². The molecule has 1 saturated heterocycles. The number of nitrogens with zero attached hydrogens (tertiary/aromatic N) is 1. The van der Waals surface area contributed by atoms with Crippen LogP contribution in [0, 0.1) is 0 Å². The van der Waals surface area contributed by atoms with E-state index in [1.807, 2.05) is 32.0 Å². The topological polar surface area (TPSA) is 57.2 Å². The van der Waals surface area contributed by atoms with Crippen LogP contribution in [0.2, 0.25) is 0 Å². The molecule has 140 valence electrons. The monoisotopic (exact) mass is 369 g/mol. The molecule has 6 nitrogen and oxygen atoms in total. The zero-order valence-electron chi connectivity index (χ0n) is 15.1. The first-order chi connectivity index (χ1) is 12.2. The third kappa shape index (κ3) is 4.37. The summed E-state index contributed by atoms with van der Waals surface area (Å²) in [6.45, 7) is 6.59. The molecule has 0 aliphatic carbocycles. The third-order valence-electron chi connectivity index (χ3n) is 4.65. The lowest BCUT2D eigenvalue weighted by Crippen LogP contribution is -2.41. The molecule has 0 aromatic heterocycles. The molecule has 1 unspecified atom stereocenters. The molecular weight excluding hydrogens is 341 g/mol. The molecule has 0 amide bonds. The normalized spacial score (nSPS) is 19.1. The Hall–Kier alpha value is -1.07. The van der Waals surface area contributed by atoms with Gasteiger partial charge >= 0.3 is 7.60 Å². The number of benzene rings is 1. The zero-order chi connectivity index (χ0) is 17.7. The van der Waals surface area contributed by atoms with Gasteiger partial charge in [-0.05, 0) is 63.9 Å². The van der Waals surface area contributed by atoms with Gasteiger partial charge in [0.1, 0.15) is 5.78 Å². The Labute approximate surface area is 149 Å². The number of hydrogen-bond acceptors (Lipinski definition) is 6. The molecule has 0 N–H and O–H groups in total. The van der Waals surface area contributed by atoms with Crippen molar-refractivity contribution in [3.05, 3.63) is 23.8 Å². The molecule has 0 bridgehead atoms. The summed E-state index contributed by atoms with van der Waals surface area (Å²) in [5.41, 5.74) is 1.06. The molecule has 1 fully saturated rings. The quantitative estimate of drug-likeness (QED) is 0.645. The molecule has 2 heterocycles. The minimum Gasteiger partial charge on any atom is -0.454 e. The predicted octanol–water partition coefficient (Wildman–Crippen LogP) is 4.04. The number of likely N-dealkylation sites (tertiary alicyclic amines) is 1. The summed E-state index contributed by atoms with van der Waals surface area (Å²) in [6.07, 6.45) is 4.07. The first-order valence-electron chi connectivity index (χ1n) is 9.17. The predicted molar refractivity (Wildman–Crippen MR) is 96.3 cm³/mol. The second-order valence-electron chi connectivity index (χ2n) is 6.34. The van der Waals surface area contributed by atoms with Gasteiger partial charge in [-0.25, -0.2) is 0 Å². The van der Waals surface area contributed by atoms with E-state index in [1.165, 1.54) is 6.42 Å². The standard InChI is InChI=1S/C18H28NO5P/c1-3-23-25(20,24-4-2)18(19-10-6-5-7-11-19)13-15-8-9-16-17(12-15)22-14-21-16/h8-9,12,18H,3-7,10-11,13-14H2,1-2H3. The van der Waals surface area contributed by atoms with Crippen LogP contribution < -0.4 is 9.47 Å². The highest BCUT2D eigenvalue weighted by Gasteiger charge is 2.40. The lowest BCUT2D eigenvalue weighted by molar-refractivity contribution is 0.146. The minimum atomic E-state index is -3.23. The van der Waals surface area contributed by atoms with Gasteiger partial charge in [0, 0.05) is 0 Å². The number of rotatable bonds is 8. The van der Waals surface area contributed by atoms with E-state index in [9.17, 15) is 4.57 Å². The van der Waals surface area contributed by atoms with Crippen LogP contribution in [0.15, 0.2) is 18.2 Å². The highest BCUT2D eigenvalue weighted by molar-refractivity contribution is 7.54.